The van der Waals surface area contributed by atoms with Crippen molar-refractivity contribution < 1.29 is 4.42 Å². The van der Waals surface area contributed by atoms with Gasteiger partial charge in [-0.25, -0.2) is 0 Å². The van der Waals surface area contributed by atoms with E-state index in [4.69, 9.17) is 4.42 Å². The number of para-hydroxylation sites is 1. The molecule has 0 amide bonds. The standard InChI is InChI=1S/C51H41NO/c1-49(2)41-20-12-9-16-38(41)46-42(49)27-26-37-36-17-13-21-45(47(36)53-48(37)46)52(30-22-24-34-32-14-7-10-18-39(32)50(3,4)43(34)28-30)31-23-25-35-33-15-8-11-19-40(33)51(5,6)44(35)29-31/h7-29H,1-6H3. The Bertz CT molecular complexity index is 2770. The minimum atomic E-state index is -0.124. The molecule has 7 aromatic carbocycles. The fourth-order valence-electron chi connectivity index (χ4n) is 10.3. The van der Waals surface area contributed by atoms with Crippen molar-refractivity contribution in [3.8, 4) is 33.4 Å². The molecule has 0 atom stereocenters. The molecule has 2 nitrogen and oxygen atoms in total. The zero-order chi connectivity index (χ0) is 36.0. The van der Waals surface area contributed by atoms with E-state index in [2.05, 4.69) is 186 Å². The first-order valence-electron chi connectivity index (χ1n) is 18.9. The largest absolute Gasteiger partial charge is 0.453 e. The number of fused-ring (bicyclic) bond motifs is 13. The Morgan fingerprint density at radius 3 is 1.43 bits per heavy atom. The summed E-state index contributed by atoms with van der Waals surface area (Å²) in [4.78, 5) is 2.45. The monoisotopic (exact) mass is 683 g/mol. The number of furan rings is 1. The van der Waals surface area contributed by atoms with Crippen molar-refractivity contribution in [1.29, 1.82) is 0 Å². The Morgan fingerprint density at radius 2 is 0.849 bits per heavy atom. The van der Waals surface area contributed by atoms with E-state index in [-0.39, 0.29) is 16.2 Å². The van der Waals surface area contributed by atoms with Gasteiger partial charge in [-0.3, -0.25) is 0 Å². The van der Waals surface area contributed by atoms with Gasteiger partial charge in [-0.15, -0.1) is 0 Å². The van der Waals surface area contributed by atoms with Gasteiger partial charge in [0, 0.05) is 44.0 Å². The first-order valence-corrected chi connectivity index (χ1v) is 18.9. The molecule has 53 heavy (non-hydrogen) atoms. The predicted octanol–water partition coefficient (Wildman–Crippen LogP) is 14.0. The van der Waals surface area contributed by atoms with E-state index in [1.54, 1.807) is 0 Å². The van der Waals surface area contributed by atoms with Gasteiger partial charge in [0.1, 0.15) is 5.58 Å². The normalized spacial score (nSPS) is 16.2. The van der Waals surface area contributed by atoms with Gasteiger partial charge < -0.3 is 9.32 Å². The SMILES string of the molecule is CC1(C)c2ccccc2-c2ccc(N(c3ccc4c(c3)C(C)(C)c3ccccc3-4)c3cccc4c3oc3c5c(ccc34)C(C)(C)c3ccccc3-5)cc21. The van der Waals surface area contributed by atoms with Crippen LogP contribution in [0.1, 0.15) is 74.9 Å². The zero-order valence-electron chi connectivity index (χ0n) is 31.1. The van der Waals surface area contributed by atoms with Crippen molar-refractivity contribution in [2.45, 2.75) is 57.8 Å². The van der Waals surface area contributed by atoms with Crippen molar-refractivity contribution in [3.63, 3.8) is 0 Å². The summed E-state index contributed by atoms with van der Waals surface area (Å²) >= 11 is 0. The van der Waals surface area contributed by atoms with E-state index in [1.165, 1.54) is 66.8 Å². The molecular weight excluding hydrogens is 643 g/mol. The van der Waals surface area contributed by atoms with Gasteiger partial charge in [-0.05, 0) is 91.5 Å². The predicted molar refractivity (Wildman–Crippen MR) is 221 cm³/mol. The molecule has 0 fully saturated rings. The van der Waals surface area contributed by atoms with Crippen LogP contribution in [0.4, 0.5) is 17.1 Å². The van der Waals surface area contributed by atoms with Crippen LogP contribution >= 0.6 is 0 Å². The highest BCUT2D eigenvalue weighted by Crippen LogP contribution is 2.56. The van der Waals surface area contributed by atoms with Gasteiger partial charge >= 0.3 is 0 Å². The molecule has 2 heteroatoms. The molecule has 0 bridgehead atoms. The van der Waals surface area contributed by atoms with Crippen LogP contribution in [0.3, 0.4) is 0 Å². The highest BCUT2D eigenvalue weighted by Gasteiger charge is 2.40. The second kappa shape index (κ2) is 10.2. The summed E-state index contributed by atoms with van der Waals surface area (Å²) in [6.45, 7) is 14.1. The van der Waals surface area contributed by atoms with Crippen molar-refractivity contribution in [3.05, 3.63) is 173 Å². The Morgan fingerprint density at radius 1 is 0.377 bits per heavy atom. The minimum Gasteiger partial charge on any atom is -0.453 e. The van der Waals surface area contributed by atoms with Crippen LogP contribution in [0.2, 0.25) is 0 Å². The minimum absolute atomic E-state index is 0.0997. The van der Waals surface area contributed by atoms with Gasteiger partial charge in [0.25, 0.3) is 0 Å². The summed E-state index contributed by atoms with van der Waals surface area (Å²) < 4.78 is 7.23. The summed E-state index contributed by atoms with van der Waals surface area (Å²) in [5, 5.41) is 2.29. The third kappa shape index (κ3) is 3.88. The summed E-state index contributed by atoms with van der Waals surface area (Å²) in [7, 11) is 0. The van der Waals surface area contributed by atoms with Crippen molar-refractivity contribution in [1.82, 2.24) is 0 Å². The quantitative estimate of drug-likeness (QED) is 0.184. The molecule has 0 saturated heterocycles. The summed E-state index contributed by atoms with van der Waals surface area (Å²) in [5.41, 5.74) is 20.8. The Labute approximate surface area is 311 Å². The van der Waals surface area contributed by atoms with Crippen LogP contribution < -0.4 is 4.90 Å². The Hall–Kier alpha value is -5.86. The lowest BCUT2D eigenvalue weighted by molar-refractivity contribution is 0.653. The summed E-state index contributed by atoms with van der Waals surface area (Å²) in [6, 6.07) is 52.1. The average molecular weight is 684 g/mol. The first-order chi connectivity index (χ1) is 25.6. The van der Waals surface area contributed by atoms with E-state index in [0.717, 1.165) is 39.0 Å². The molecule has 3 aliphatic carbocycles. The highest BCUT2D eigenvalue weighted by molar-refractivity contribution is 6.15. The van der Waals surface area contributed by atoms with Gasteiger partial charge in [0.2, 0.25) is 0 Å². The fourth-order valence-corrected chi connectivity index (χ4v) is 10.3. The van der Waals surface area contributed by atoms with E-state index in [9.17, 15) is 0 Å². The fraction of sp³-hybridized carbons (Fsp3) is 0.176. The smallest absolute Gasteiger partial charge is 0.159 e. The van der Waals surface area contributed by atoms with Crippen molar-refractivity contribution >= 4 is 39.0 Å². The Kier molecular flexibility index (Phi) is 5.90. The molecule has 0 N–H and O–H groups in total. The van der Waals surface area contributed by atoms with E-state index in [0.29, 0.717) is 0 Å². The molecule has 0 spiro atoms. The second-order valence-corrected chi connectivity index (χ2v) is 16.9. The summed E-state index contributed by atoms with van der Waals surface area (Å²) in [5.74, 6) is 0. The maximum absolute atomic E-state index is 7.23. The van der Waals surface area contributed by atoms with E-state index >= 15 is 0 Å². The molecule has 0 aliphatic heterocycles. The lowest BCUT2D eigenvalue weighted by atomic mass is 9.82. The van der Waals surface area contributed by atoms with Gasteiger partial charge in [-0.1, -0.05) is 151 Å². The maximum Gasteiger partial charge on any atom is 0.159 e. The molecular formula is C51H41NO. The molecule has 8 aromatic rings. The maximum atomic E-state index is 7.23. The van der Waals surface area contributed by atoms with Crippen LogP contribution in [-0.4, -0.2) is 0 Å². The zero-order valence-corrected chi connectivity index (χ0v) is 31.1. The second-order valence-electron chi connectivity index (χ2n) is 16.9. The lowest BCUT2D eigenvalue weighted by Crippen LogP contribution is -2.18. The van der Waals surface area contributed by atoms with Crippen LogP contribution in [0, 0.1) is 0 Å². The van der Waals surface area contributed by atoms with E-state index in [1.807, 2.05) is 0 Å². The van der Waals surface area contributed by atoms with Crippen molar-refractivity contribution in [2.24, 2.45) is 0 Å². The molecule has 1 heterocycles. The topological polar surface area (TPSA) is 16.4 Å². The van der Waals surface area contributed by atoms with Gasteiger partial charge in [0.05, 0.1) is 5.69 Å². The third-order valence-electron chi connectivity index (χ3n) is 13.1. The molecule has 0 unspecified atom stereocenters. The lowest BCUT2D eigenvalue weighted by Gasteiger charge is -2.29. The molecule has 3 aliphatic rings. The average Bonchev–Trinajstić information content (AvgIpc) is 3.82. The van der Waals surface area contributed by atoms with Crippen LogP contribution in [0.15, 0.2) is 144 Å². The molecule has 0 saturated carbocycles. The molecule has 1 aromatic heterocycles. The number of nitrogens with zero attached hydrogens (tertiary/aromatic N) is 1. The number of hydrogen-bond acceptors (Lipinski definition) is 2. The van der Waals surface area contributed by atoms with E-state index < -0.39 is 0 Å². The van der Waals surface area contributed by atoms with Crippen molar-refractivity contribution in [2.75, 3.05) is 4.90 Å². The first kappa shape index (κ1) is 30.7. The van der Waals surface area contributed by atoms with Crippen LogP contribution in [0.5, 0.6) is 0 Å². The van der Waals surface area contributed by atoms with Gasteiger partial charge in [0.15, 0.2) is 5.58 Å². The Balaban J connectivity index is 1.18. The molecule has 0 radical (unpaired) electrons. The van der Waals surface area contributed by atoms with Crippen LogP contribution in [-0.2, 0) is 16.2 Å². The number of anilines is 3. The van der Waals surface area contributed by atoms with Gasteiger partial charge in [-0.2, -0.15) is 0 Å². The number of hydrogen-bond donors (Lipinski definition) is 0. The number of benzene rings is 7. The number of rotatable bonds is 3. The molecule has 11 rings (SSSR count). The highest BCUT2D eigenvalue weighted by atomic mass is 16.3. The summed E-state index contributed by atoms with van der Waals surface area (Å²) in [6.07, 6.45) is 0. The third-order valence-corrected chi connectivity index (χ3v) is 13.1. The van der Waals surface area contributed by atoms with Crippen LogP contribution in [0.25, 0.3) is 55.3 Å². The molecule has 256 valence electrons.